The number of non-ortho nitro benzene ring substituents is 1. The number of nitrogens with one attached hydrogen (secondary N) is 2. The van der Waals surface area contributed by atoms with Gasteiger partial charge in [-0.2, -0.15) is 35.5 Å². The summed E-state index contributed by atoms with van der Waals surface area (Å²) in [6.45, 7) is 0. The monoisotopic (exact) mass is 799 g/mol. The number of nitro benzene ring substituents is 1. The number of rotatable bonds is 11. The maximum Gasteiger partial charge on any atom is 0.337 e. The van der Waals surface area contributed by atoms with E-state index in [-0.39, 0.29) is 33.6 Å². The number of benzene rings is 3. The Morgan fingerprint density at radius 1 is 0.796 bits per heavy atom. The molecule has 3 aromatic rings. The summed E-state index contributed by atoms with van der Waals surface area (Å²) in [7, 11) is -15.4. The number of anilines is 2. The van der Waals surface area contributed by atoms with Gasteiger partial charge in [-0.3, -0.25) is 44.2 Å². The number of Topliss-reactive ketones (excluding diaryl/α,β-unsaturated/α-hetero) is 2. The van der Waals surface area contributed by atoms with Crippen molar-refractivity contribution in [2.45, 2.75) is 4.90 Å². The zero-order chi connectivity index (χ0) is 39.7. The molecular formula is C31H21N5O15S3. The molecule has 3 aromatic carbocycles. The number of carbonyl (C=O) groups excluding carboxylic acids is 2. The second kappa shape index (κ2) is 14.5. The highest BCUT2D eigenvalue weighted by Gasteiger charge is 2.34. The number of ketones is 2. The minimum Gasteiger partial charge on any atom is -0.478 e. The van der Waals surface area contributed by atoms with Crippen LogP contribution in [0.5, 0.6) is 0 Å². The molecule has 0 spiro atoms. The summed E-state index contributed by atoms with van der Waals surface area (Å²) >= 11 is 0. The number of hydrogen-bond donors (Lipinski definition) is 6. The van der Waals surface area contributed by atoms with Crippen molar-refractivity contribution >= 4 is 88.5 Å². The Bertz CT molecular complexity index is 2730. The molecule has 6 N–H and O–H groups in total. The van der Waals surface area contributed by atoms with Crippen LogP contribution in [0.4, 0.5) is 17.1 Å². The van der Waals surface area contributed by atoms with Gasteiger partial charge in [0.15, 0.2) is 10.6 Å². The van der Waals surface area contributed by atoms with E-state index >= 15 is 0 Å². The molecule has 0 aromatic heterocycles. The molecule has 0 saturated carbocycles. The summed E-state index contributed by atoms with van der Waals surface area (Å²) in [5.74, 6) is -3.78. The molecule has 0 atom stereocenters. The van der Waals surface area contributed by atoms with Crippen molar-refractivity contribution in [2.24, 2.45) is 10.2 Å². The van der Waals surface area contributed by atoms with Gasteiger partial charge in [-0.15, -0.1) is 0 Å². The zero-order valence-electron chi connectivity index (χ0n) is 26.5. The first-order chi connectivity index (χ1) is 25.2. The van der Waals surface area contributed by atoms with Crippen LogP contribution in [-0.2, 0) is 35.1 Å². The summed E-state index contributed by atoms with van der Waals surface area (Å²) in [6, 6.07) is 11.4. The van der Waals surface area contributed by atoms with Crippen LogP contribution >= 0.6 is 0 Å². The quantitative estimate of drug-likeness (QED) is 0.0702. The van der Waals surface area contributed by atoms with Crippen molar-refractivity contribution in [2.75, 3.05) is 10.9 Å². The van der Waals surface area contributed by atoms with E-state index in [1.54, 1.807) is 0 Å². The number of allylic oxidation sites excluding steroid dienone is 6. The number of para-hydroxylation sites is 1. The first-order valence-electron chi connectivity index (χ1n) is 14.4. The maximum absolute atomic E-state index is 13.5. The summed E-state index contributed by atoms with van der Waals surface area (Å²) in [5, 5.41) is 28.1. The fraction of sp³-hybridized carbons (Fsp3) is 0. The van der Waals surface area contributed by atoms with E-state index in [1.807, 2.05) is 0 Å². The number of nitro groups is 1. The van der Waals surface area contributed by atoms with Gasteiger partial charge in [0, 0.05) is 17.7 Å². The van der Waals surface area contributed by atoms with Crippen molar-refractivity contribution < 1.29 is 63.3 Å². The first kappa shape index (κ1) is 38.7. The molecule has 20 nitrogen and oxygen atoms in total. The van der Waals surface area contributed by atoms with Crippen LogP contribution in [0.3, 0.4) is 0 Å². The molecule has 0 bridgehead atoms. The lowest BCUT2D eigenvalue weighted by atomic mass is 9.94. The van der Waals surface area contributed by atoms with Gasteiger partial charge in [0.1, 0.15) is 15.5 Å². The summed E-state index contributed by atoms with van der Waals surface area (Å²) in [6.07, 6.45) is 4.72. The third-order valence-electron chi connectivity index (χ3n) is 7.37. The lowest BCUT2D eigenvalue weighted by molar-refractivity contribution is -0.385. The van der Waals surface area contributed by atoms with Crippen LogP contribution < -0.4 is 10.9 Å². The van der Waals surface area contributed by atoms with Gasteiger partial charge in [-0.25, -0.2) is 4.79 Å². The normalized spacial score (nSPS) is 16.5. The van der Waals surface area contributed by atoms with Crippen molar-refractivity contribution in [3.8, 4) is 0 Å². The van der Waals surface area contributed by atoms with Crippen molar-refractivity contribution in [3.63, 3.8) is 0 Å². The van der Waals surface area contributed by atoms with E-state index in [2.05, 4.69) is 21.1 Å². The molecule has 0 heterocycles. The third kappa shape index (κ3) is 8.25. The number of hydrazone groups is 2. The third-order valence-corrected chi connectivity index (χ3v) is 10.1. The van der Waals surface area contributed by atoms with Gasteiger partial charge in [-0.05, 0) is 59.2 Å². The minimum atomic E-state index is -5.29. The highest BCUT2D eigenvalue weighted by molar-refractivity contribution is 7.91. The number of carbonyl (C=O) groups is 3. The number of fused-ring (bicyclic) bond motifs is 1. The molecule has 0 aliphatic heterocycles. The highest BCUT2D eigenvalue weighted by atomic mass is 32.2. The molecule has 0 saturated heterocycles. The van der Waals surface area contributed by atoms with Crippen LogP contribution in [0, 0.1) is 10.1 Å². The predicted octanol–water partition coefficient (Wildman–Crippen LogP) is 3.19. The molecule has 0 radical (unpaired) electrons. The van der Waals surface area contributed by atoms with Gasteiger partial charge in [0.05, 0.1) is 21.9 Å². The number of nitrogens with zero attached hydrogens (tertiary/aromatic N) is 3. The maximum atomic E-state index is 13.5. The van der Waals surface area contributed by atoms with E-state index in [1.165, 1.54) is 36.4 Å². The number of carboxylic acid groups (broad SMARTS) is 1. The number of aromatic carboxylic acids is 1. The van der Waals surface area contributed by atoms with Gasteiger partial charge in [-0.1, -0.05) is 36.4 Å². The van der Waals surface area contributed by atoms with Crippen LogP contribution in [0.15, 0.2) is 109 Å². The van der Waals surface area contributed by atoms with Crippen LogP contribution in [0.2, 0.25) is 0 Å². The van der Waals surface area contributed by atoms with E-state index in [9.17, 15) is 68.5 Å². The molecule has 2 aliphatic rings. The largest absolute Gasteiger partial charge is 0.478 e. The Hall–Kier alpha value is -6.50. The molecular weight excluding hydrogens is 779 g/mol. The number of carboxylic acids is 1. The topological polar surface area (TPSA) is 326 Å². The smallest absolute Gasteiger partial charge is 0.337 e. The molecule has 54 heavy (non-hydrogen) atoms. The average Bonchev–Trinajstić information content (AvgIpc) is 3.08. The summed E-state index contributed by atoms with van der Waals surface area (Å²) < 4.78 is 102. The molecule has 0 unspecified atom stereocenters. The first-order valence-corrected chi connectivity index (χ1v) is 18.8. The van der Waals surface area contributed by atoms with E-state index in [0.717, 1.165) is 48.6 Å². The van der Waals surface area contributed by atoms with Crippen molar-refractivity contribution in [3.05, 3.63) is 127 Å². The van der Waals surface area contributed by atoms with Crippen molar-refractivity contribution in [1.82, 2.24) is 0 Å². The van der Waals surface area contributed by atoms with E-state index in [4.69, 9.17) is 0 Å². The zero-order valence-corrected chi connectivity index (χ0v) is 29.0. The van der Waals surface area contributed by atoms with Crippen LogP contribution in [-0.4, -0.2) is 77.9 Å². The van der Waals surface area contributed by atoms with Gasteiger partial charge in [0.25, 0.3) is 36.0 Å². The summed E-state index contributed by atoms with van der Waals surface area (Å²) in [5.41, 5.74) is 1.17. The molecule has 0 fully saturated rings. The summed E-state index contributed by atoms with van der Waals surface area (Å²) in [4.78, 5) is 45.4. The van der Waals surface area contributed by atoms with Crippen molar-refractivity contribution in [1.29, 1.82) is 0 Å². The average molecular weight is 800 g/mol. The molecule has 0 amide bonds. The second-order valence-electron chi connectivity index (χ2n) is 10.9. The Labute approximate surface area is 303 Å². The van der Waals surface area contributed by atoms with E-state index < -0.39 is 90.2 Å². The van der Waals surface area contributed by atoms with Gasteiger partial charge in [0.2, 0.25) is 11.6 Å². The second-order valence-corrected chi connectivity index (χ2v) is 15.0. The standard InChI is InChI=1S/C31H21N5O15S3/c37-28-22-14-19(10-7-18(22)13-26(53(46,47)48)27(28)35-33-23-4-2-1-3-21(23)31(39)40)32-34-24-12-9-17(30(29(24)38)54(49,50)51)6-5-16-8-11-20(36(41)42)15-25(16)52(43,44)45/h1-15,32-33H,(H,39,40)(H,43,44,45)(H,46,47,48)(H,49,50,51)/b6-5-,34-24?,35-27-. The van der Waals surface area contributed by atoms with E-state index in [0.29, 0.717) is 6.07 Å². The predicted molar refractivity (Wildman–Crippen MR) is 190 cm³/mol. The molecule has 5 rings (SSSR count). The van der Waals surface area contributed by atoms with Gasteiger partial charge >= 0.3 is 5.97 Å². The molecule has 23 heteroatoms. The Morgan fingerprint density at radius 2 is 1.50 bits per heavy atom. The lowest BCUT2D eigenvalue weighted by Crippen LogP contribution is -2.27. The van der Waals surface area contributed by atoms with Crippen LogP contribution in [0.1, 0.15) is 31.8 Å². The molecule has 278 valence electrons. The SMILES string of the molecule is O=C1C(=NNc2ccc3c(c2)C(=O)/C(=N\Nc2ccccc2C(=O)O)C(S(=O)(=O)O)=C3)C=CC(/C=C\c2ccc([N+](=O)[O-])cc2S(=O)(=O)O)=C1S(=O)(=O)O. The Kier molecular flexibility index (Phi) is 10.4. The Morgan fingerprint density at radius 3 is 2.13 bits per heavy atom. The van der Waals surface area contributed by atoms with Gasteiger partial charge < -0.3 is 5.11 Å². The Balaban J connectivity index is 1.46. The number of hydrogen-bond acceptors (Lipinski definition) is 15. The minimum absolute atomic E-state index is 0.0115. The fourth-order valence-corrected chi connectivity index (χ4v) is 7.07. The fourth-order valence-electron chi connectivity index (χ4n) is 4.94. The highest BCUT2D eigenvalue weighted by Crippen LogP contribution is 2.30. The lowest BCUT2D eigenvalue weighted by Gasteiger charge is -2.17. The molecule has 2 aliphatic carbocycles. The van der Waals surface area contributed by atoms with Crippen LogP contribution in [0.25, 0.3) is 12.2 Å².